The fourth-order valence-electron chi connectivity index (χ4n) is 3.54. The van der Waals surface area contributed by atoms with Crippen LogP contribution in [0.1, 0.15) is 15.9 Å². The summed E-state index contributed by atoms with van der Waals surface area (Å²) < 4.78 is 1.77. The fourth-order valence-corrected chi connectivity index (χ4v) is 3.54. The van der Waals surface area contributed by atoms with Crippen LogP contribution in [0.5, 0.6) is 0 Å². The monoisotopic (exact) mass is 389 g/mol. The van der Waals surface area contributed by atoms with Crippen molar-refractivity contribution < 1.29 is 4.79 Å². The van der Waals surface area contributed by atoms with E-state index in [1.165, 1.54) is 0 Å². The molecule has 0 aliphatic rings. The number of aliphatic imine (C=N–C) groups is 1. The zero-order valence-corrected chi connectivity index (χ0v) is 16.5. The molecule has 0 spiro atoms. The Kier molecular flexibility index (Phi) is 4.45. The Morgan fingerprint density at radius 2 is 1.57 bits per heavy atom. The van der Waals surface area contributed by atoms with Gasteiger partial charge in [-0.05, 0) is 48.0 Å². The molecule has 0 atom stereocenters. The highest BCUT2D eigenvalue weighted by Crippen LogP contribution is 2.21. The number of rotatable bonds is 3. The minimum Gasteiger partial charge on any atom is -0.285 e. The number of Topliss-reactive ketones (excluding diaryl/α,β-unsaturated/α-hetero) is 1. The number of fused-ring (bicyclic) bond motifs is 2. The number of nitrogens with zero attached hydrogens (tertiary/aromatic N) is 3. The van der Waals surface area contributed by atoms with Gasteiger partial charge in [0.25, 0.3) is 0 Å². The molecule has 0 radical (unpaired) electrons. The number of imidazole rings is 1. The fraction of sp³-hybridized carbons (Fsp3) is 0.0385. The quantitative estimate of drug-likeness (QED) is 0.217. The Balaban J connectivity index is 1.68. The molecule has 0 N–H and O–H groups in total. The van der Waals surface area contributed by atoms with Gasteiger partial charge in [-0.2, -0.15) is 0 Å². The first-order valence-electron chi connectivity index (χ1n) is 9.80. The summed E-state index contributed by atoms with van der Waals surface area (Å²) in [7, 11) is 0. The van der Waals surface area contributed by atoms with Crippen molar-refractivity contribution in [1.29, 1.82) is 0 Å². The van der Waals surface area contributed by atoms with Gasteiger partial charge in [0.05, 0.1) is 16.7 Å². The summed E-state index contributed by atoms with van der Waals surface area (Å²) in [6, 6.07) is 29.3. The van der Waals surface area contributed by atoms with Crippen LogP contribution in [-0.4, -0.2) is 21.2 Å². The summed E-state index contributed by atoms with van der Waals surface area (Å²) >= 11 is 0. The zero-order valence-electron chi connectivity index (χ0n) is 16.5. The Hall–Kier alpha value is -4.05. The van der Waals surface area contributed by atoms with Gasteiger partial charge in [-0.15, -0.1) is 0 Å². The van der Waals surface area contributed by atoms with Gasteiger partial charge in [0.15, 0.2) is 5.84 Å². The molecule has 5 aromatic rings. The molecular weight excluding hydrogens is 370 g/mol. The minimum absolute atomic E-state index is 0.149. The SMILES string of the molecule is Cc1ccc(N=C(C(=O)c2ccc3ccccc3c2)n2cnc3ccccc32)cc1. The molecule has 144 valence electrons. The van der Waals surface area contributed by atoms with Gasteiger partial charge in [0.1, 0.15) is 6.33 Å². The van der Waals surface area contributed by atoms with Crippen molar-refractivity contribution in [3.63, 3.8) is 0 Å². The van der Waals surface area contributed by atoms with Gasteiger partial charge < -0.3 is 0 Å². The van der Waals surface area contributed by atoms with Gasteiger partial charge in [-0.1, -0.05) is 66.2 Å². The van der Waals surface area contributed by atoms with Crippen LogP contribution in [0.15, 0.2) is 102 Å². The number of carbonyl (C=O) groups is 1. The van der Waals surface area contributed by atoms with Crippen molar-refractivity contribution in [2.75, 3.05) is 0 Å². The van der Waals surface area contributed by atoms with Crippen LogP contribution in [0.25, 0.3) is 21.8 Å². The first-order chi connectivity index (χ1) is 14.7. The third kappa shape index (κ3) is 3.29. The van der Waals surface area contributed by atoms with Crippen molar-refractivity contribution >= 4 is 39.1 Å². The van der Waals surface area contributed by atoms with Gasteiger partial charge in [-0.3, -0.25) is 9.36 Å². The normalized spacial score (nSPS) is 11.8. The number of carbonyl (C=O) groups excluding carboxylic acids is 1. The summed E-state index contributed by atoms with van der Waals surface area (Å²) in [6.07, 6.45) is 1.66. The lowest BCUT2D eigenvalue weighted by molar-refractivity contribution is 0.106. The molecule has 4 nitrogen and oxygen atoms in total. The lowest BCUT2D eigenvalue weighted by Gasteiger charge is -2.10. The summed E-state index contributed by atoms with van der Waals surface area (Å²) in [5, 5.41) is 2.12. The van der Waals surface area contributed by atoms with Gasteiger partial charge in [0, 0.05) is 5.56 Å². The smallest absolute Gasteiger partial charge is 0.228 e. The zero-order chi connectivity index (χ0) is 20.5. The summed E-state index contributed by atoms with van der Waals surface area (Å²) in [5.41, 5.74) is 4.13. The van der Waals surface area contributed by atoms with E-state index in [1.54, 1.807) is 10.9 Å². The van der Waals surface area contributed by atoms with E-state index in [4.69, 9.17) is 4.99 Å². The minimum atomic E-state index is -0.149. The average Bonchev–Trinajstić information content (AvgIpc) is 3.22. The lowest BCUT2D eigenvalue weighted by Crippen LogP contribution is -2.22. The number of hydrogen-bond donors (Lipinski definition) is 0. The van der Waals surface area contributed by atoms with E-state index in [0.29, 0.717) is 11.4 Å². The number of aryl methyl sites for hydroxylation is 1. The molecule has 0 aliphatic heterocycles. The van der Waals surface area contributed by atoms with E-state index in [-0.39, 0.29) is 5.78 Å². The van der Waals surface area contributed by atoms with Crippen LogP contribution in [0.2, 0.25) is 0 Å². The number of aromatic nitrogens is 2. The predicted molar refractivity (Wildman–Crippen MR) is 122 cm³/mol. The van der Waals surface area contributed by atoms with E-state index in [9.17, 15) is 4.79 Å². The third-order valence-electron chi connectivity index (χ3n) is 5.17. The Morgan fingerprint density at radius 1 is 0.833 bits per heavy atom. The van der Waals surface area contributed by atoms with Crippen LogP contribution in [0.4, 0.5) is 5.69 Å². The summed E-state index contributed by atoms with van der Waals surface area (Å²) in [6.45, 7) is 2.03. The molecule has 4 heteroatoms. The molecule has 1 heterocycles. The lowest BCUT2D eigenvalue weighted by atomic mass is 10.0. The molecule has 0 fully saturated rings. The van der Waals surface area contributed by atoms with Crippen LogP contribution < -0.4 is 0 Å². The summed E-state index contributed by atoms with van der Waals surface area (Å²) in [5.74, 6) is 0.173. The second-order valence-corrected chi connectivity index (χ2v) is 7.27. The van der Waals surface area contributed by atoms with Gasteiger partial charge >= 0.3 is 0 Å². The van der Waals surface area contributed by atoms with E-state index in [2.05, 4.69) is 4.98 Å². The number of para-hydroxylation sites is 2. The highest BCUT2D eigenvalue weighted by molar-refractivity contribution is 6.47. The maximum atomic E-state index is 13.6. The topological polar surface area (TPSA) is 47.2 Å². The number of ketones is 1. The molecule has 0 bridgehead atoms. The van der Waals surface area contributed by atoms with Gasteiger partial charge in [-0.25, -0.2) is 9.98 Å². The van der Waals surface area contributed by atoms with E-state index < -0.39 is 0 Å². The molecule has 30 heavy (non-hydrogen) atoms. The number of benzene rings is 4. The summed E-state index contributed by atoms with van der Waals surface area (Å²) in [4.78, 5) is 22.8. The molecule has 0 saturated heterocycles. The van der Waals surface area contributed by atoms with Crippen molar-refractivity contribution in [3.8, 4) is 0 Å². The number of hydrogen-bond acceptors (Lipinski definition) is 3. The molecule has 0 aliphatic carbocycles. The predicted octanol–water partition coefficient (Wildman–Crippen LogP) is 5.96. The Bertz CT molecular complexity index is 1410. The van der Waals surface area contributed by atoms with Crippen LogP contribution in [0.3, 0.4) is 0 Å². The highest BCUT2D eigenvalue weighted by atomic mass is 16.1. The highest BCUT2D eigenvalue weighted by Gasteiger charge is 2.19. The van der Waals surface area contributed by atoms with Crippen molar-refractivity contribution in [2.45, 2.75) is 6.92 Å². The van der Waals surface area contributed by atoms with Crippen LogP contribution in [-0.2, 0) is 0 Å². The second-order valence-electron chi connectivity index (χ2n) is 7.27. The van der Waals surface area contributed by atoms with Crippen molar-refractivity contribution in [3.05, 3.63) is 108 Å². The van der Waals surface area contributed by atoms with Crippen LogP contribution in [0, 0.1) is 6.92 Å². The maximum Gasteiger partial charge on any atom is 0.228 e. The Labute approximate surface area is 174 Å². The molecule has 0 unspecified atom stereocenters. The third-order valence-corrected chi connectivity index (χ3v) is 5.17. The average molecular weight is 389 g/mol. The van der Waals surface area contributed by atoms with Crippen molar-refractivity contribution in [1.82, 2.24) is 9.55 Å². The van der Waals surface area contributed by atoms with E-state index in [1.807, 2.05) is 97.9 Å². The van der Waals surface area contributed by atoms with Crippen LogP contribution >= 0.6 is 0 Å². The Morgan fingerprint density at radius 3 is 2.40 bits per heavy atom. The molecule has 0 amide bonds. The van der Waals surface area contributed by atoms with E-state index >= 15 is 0 Å². The largest absolute Gasteiger partial charge is 0.285 e. The molecule has 0 saturated carbocycles. The second kappa shape index (κ2) is 7.41. The first-order valence-corrected chi connectivity index (χ1v) is 9.80. The standard InChI is InChI=1S/C26H19N3O/c1-18-10-14-22(15-11-18)28-26(29-17-27-23-8-4-5-9-24(23)29)25(30)21-13-12-19-6-2-3-7-20(19)16-21/h2-17H,1H3. The first kappa shape index (κ1) is 18.0. The van der Waals surface area contributed by atoms with Crippen molar-refractivity contribution in [2.24, 2.45) is 4.99 Å². The van der Waals surface area contributed by atoms with Gasteiger partial charge in [0.2, 0.25) is 5.78 Å². The molecule has 1 aromatic heterocycles. The molecular formula is C26H19N3O. The molecule has 5 rings (SSSR count). The van der Waals surface area contributed by atoms with E-state index in [0.717, 1.165) is 33.1 Å². The molecule has 4 aromatic carbocycles. The maximum absolute atomic E-state index is 13.6.